The van der Waals surface area contributed by atoms with E-state index in [0.717, 1.165) is 12.8 Å². The third kappa shape index (κ3) is 3.49. The van der Waals surface area contributed by atoms with E-state index in [4.69, 9.17) is 5.26 Å². The molecule has 0 bridgehead atoms. The Morgan fingerprint density at radius 2 is 2.00 bits per heavy atom. The molecule has 1 fully saturated rings. The molecule has 2 aromatic rings. The second-order valence-electron chi connectivity index (χ2n) is 5.14. The number of hydrogen-bond donors (Lipinski definition) is 2. The molecule has 2 heterocycles. The summed E-state index contributed by atoms with van der Waals surface area (Å²) >= 11 is 0. The fourth-order valence-corrected chi connectivity index (χ4v) is 1.97. The molecule has 1 aliphatic carbocycles. The van der Waals surface area contributed by atoms with Crippen molar-refractivity contribution in [3.8, 4) is 6.07 Å². The molecule has 114 valence electrons. The fourth-order valence-electron chi connectivity index (χ4n) is 1.97. The zero-order valence-electron chi connectivity index (χ0n) is 12.1. The number of carbonyl (C=O) groups excluding carboxylic acids is 2. The zero-order valence-corrected chi connectivity index (χ0v) is 12.1. The average Bonchev–Trinajstić information content (AvgIpc) is 3.39. The molecule has 0 saturated heterocycles. The van der Waals surface area contributed by atoms with Gasteiger partial charge in [-0.1, -0.05) is 0 Å². The van der Waals surface area contributed by atoms with E-state index < -0.39 is 5.91 Å². The maximum Gasteiger partial charge on any atom is 0.270 e. The molecule has 0 unspecified atom stereocenters. The van der Waals surface area contributed by atoms with Crippen molar-refractivity contribution in [1.82, 2.24) is 15.3 Å². The van der Waals surface area contributed by atoms with Crippen molar-refractivity contribution >= 4 is 17.5 Å². The van der Waals surface area contributed by atoms with Crippen molar-refractivity contribution in [2.24, 2.45) is 0 Å². The van der Waals surface area contributed by atoms with Crippen LogP contribution in [0, 0.1) is 11.3 Å². The van der Waals surface area contributed by atoms with Crippen molar-refractivity contribution in [2.45, 2.75) is 18.9 Å². The molecule has 23 heavy (non-hydrogen) atoms. The second-order valence-corrected chi connectivity index (χ2v) is 5.14. The number of amides is 2. The Bertz CT molecular complexity index is 808. The molecule has 0 atom stereocenters. The number of rotatable bonds is 4. The minimum absolute atomic E-state index is 0.126. The predicted molar refractivity (Wildman–Crippen MR) is 81.6 cm³/mol. The summed E-state index contributed by atoms with van der Waals surface area (Å²) in [5.74, 6) is -0.724. The Labute approximate surface area is 132 Å². The Morgan fingerprint density at radius 3 is 2.74 bits per heavy atom. The van der Waals surface area contributed by atoms with E-state index in [9.17, 15) is 9.59 Å². The molecule has 0 aliphatic heterocycles. The fraction of sp³-hybridized carbons (Fsp3) is 0.188. The standard InChI is InChI=1S/C16H13N5O2/c17-9-14-12(2-1-6-18-14)21-15(22)10-5-7-19-13(8-10)16(23)20-11-3-4-11/h1-2,5-8,11H,3-4H2,(H,20,23)(H,21,22). The molecule has 0 aromatic carbocycles. The van der Waals surface area contributed by atoms with E-state index in [1.807, 2.05) is 6.07 Å². The summed E-state index contributed by atoms with van der Waals surface area (Å²) in [7, 11) is 0. The summed E-state index contributed by atoms with van der Waals surface area (Å²) in [6, 6.07) is 8.27. The summed E-state index contributed by atoms with van der Waals surface area (Å²) in [4.78, 5) is 32.1. The van der Waals surface area contributed by atoms with Gasteiger partial charge in [-0.3, -0.25) is 14.6 Å². The summed E-state index contributed by atoms with van der Waals surface area (Å²) < 4.78 is 0. The first-order valence-electron chi connectivity index (χ1n) is 7.11. The van der Waals surface area contributed by atoms with Gasteiger partial charge in [-0.25, -0.2) is 4.98 Å². The lowest BCUT2D eigenvalue weighted by Gasteiger charge is -2.07. The van der Waals surface area contributed by atoms with E-state index in [2.05, 4.69) is 20.6 Å². The number of anilines is 1. The summed E-state index contributed by atoms with van der Waals surface area (Å²) in [5, 5.41) is 14.4. The van der Waals surface area contributed by atoms with Gasteiger partial charge in [0.25, 0.3) is 11.8 Å². The molecule has 1 saturated carbocycles. The molecule has 0 spiro atoms. The first-order valence-corrected chi connectivity index (χ1v) is 7.11. The van der Waals surface area contributed by atoms with Gasteiger partial charge in [0.2, 0.25) is 0 Å². The first kappa shape index (κ1) is 14.7. The number of hydrogen-bond acceptors (Lipinski definition) is 5. The van der Waals surface area contributed by atoms with Crippen LogP contribution in [0.4, 0.5) is 5.69 Å². The summed E-state index contributed by atoms with van der Waals surface area (Å²) in [6.07, 6.45) is 4.83. The lowest BCUT2D eigenvalue weighted by molar-refractivity contribution is 0.0946. The molecule has 1 aliphatic rings. The first-order chi connectivity index (χ1) is 11.2. The average molecular weight is 307 g/mol. The van der Waals surface area contributed by atoms with Crippen LogP contribution in [-0.2, 0) is 0 Å². The van der Waals surface area contributed by atoms with Gasteiger partial charge in [-0.2, -0.15) is 5.26 Å². The van der Waals surface area contributed by atoms with Gasteiger partial charge < -0.3 is 10.6 Å². The molecule has 2 N–H and O–H groups in total. The lowest BCUT2D eigenvalue weighted by Crippen LogP contribution is -2.26. The van der Waals surface area contributed by atoms with Crippen LogP contribution in [0.5, 0.6) is 0 Å². The second kappa shape index (κ2) is 6.23. The smallest absolute Gasteiger partial charge is 0.270 e. The van der Waals surface area contributed by atoms with Crippen LogP contribution >= 0.6 is 0 Å². The minimum Gasteiger partial charge on any atom is -0.348 e. The third-order valence-electron chi connectivity index (χ3n) is 3.33. The van der Waals surface area contributed by atoms with Crippen molar-refractivity contribution in [3.63, 3.8) is 0 Å². The van der Waals surface area contributed by atoms with E-state index in [-0.39, 0.29) is 28.9 Å². The van der Waals surface area contributed by atoms with Gasteiger partial charge in [0.05, 0.1) is 5.69 Å². The summed E-state index contributed by atoms with van der Waals surface area (Å²) in [6.45, 7) is 0. The van der Waals surface area contributed by atoms with Gasteiger partial charge in [0, 0.05) is 24.0 Å². The van der Waals surface area contributed by atoms with E-state index in [0.29, 0.717) is 5.69 Å². The zero-order chi connectivity index (χ0) is 16.2. The van der Waals surface area contributed by atoms with Gasteiger partial charge in [-0.05, 0) is 37.1 Å². The normalized spacial score (nSPS) is 13.0. The largest absolute Gasteiger partial charge is 0.348 e. The molecule has 0 radical (unpaired) electrons. The molecule has 7 heteroatoms. The van der Waals surface area contributed by atoms with E-state index >= 15 is 0 Å². The monoisotopic (exact) mass is 307 g/mol. The lowest BCUT2D eigenvalue weighted by atomic mass is 10.2. The molecule has 2 aromatic heterocycles. The van der Waals surface area contributed by atoms with Crippen molar-refractivity contribution in [1.29, 1.82) is 5.26 Å². The van der Waals surface area contributed by atoms with Crippen LogP contribution in [0.3, 0.4) is 0 Å². The molecular weight excluding hydrogens is 294 g/mol. The highest BCUT2D eigenvalue weighted by atomic mass is 16.2. The maximum atomic E-state index is 12.3. The molecular formula is C16H13N5O2. The minimum atomic E-state index is -0.433. The Hall–Kier alpha value is -3.27. The SMILES string of the molecule is N#Cc1ncccc1NC(=O)c1ccnc(C(=O)NC2CC2)c1. The number of pyridine rings is 2. The number of aromatic nitrogens is 2. The topological polar surface area (TPSA) is 108 Å². The number of carbonyl (C=O) groups is 2. The quantitative estimate of drug-likeness (QED) is 0.889. The molecule has 2 amide bonds. The Kier molecular flexibility index (Phi) is 3.97. The predicted octanol–water partition coefficient (Wildman–Crippen LogP) is 1.49. The van der Waals surface area contributed by atoms with Gasteiger partial charge in [0.15, 0.2) is 5.69 Å². The van der Waals surface area contributed by atoms with Crippen LogP contribution in [0.2, 0.25) is 0 Å². The summed E-state index contributed by atoms with van der Waals surface area (Å²) in [5.41, 5.74) is 0.923. The highest BCUT2D eigenvalue weighted by molar-refractivity contribution is 6.06. The Balaban J connectivity index is 1.77. The Morgan fingerprint density at radius 1 is 1.17 bits per heavy atom. The van der Waals surface area contributed by atoms with E-state index in [1.165, 1.54) is 24.5 Å². The highest BCUT2D eigenvalue weighted by Gasteiger charge is 2.24. The number of nitrogens with zero attached hydrogens (tertiary/aromatic N) is 3. The maximum absolute atomic E-state index is 12.3. The van der Waals surface area contributed by atoms with Gasteiger partial charge in [0.1, 0.15) is 11.8 Å². The van der Waals surface area contributed by atoms with Gasteiger partial charge in [-0.15, -0.1) is 0 Å². The van der Waals surface area contributed by atoms with Crippen LogP contribution in [0.15, 0.2) is 36.7 Å². The van der Waals surface area contributed by atoms with Gasteiger partial charge >= 0.3 is 0 Å². The number of nitriles is 1. The van der Waals surface area contributed by atoms with Crippen LogP contribution in [0.1, 0.15) is 39.4 Å². The highest BCUT2D eigenvalue weighted by Crippen LogP contribution is 2.19. The van der Waals surface area contributed by atoms with Crippen LogP contribution in [0.25, 0.3) is 0 Å². The van der Waals surface area contributed by atoms with Crippen LogP contribution < -0.4 is 10.6 Å². The van der Waals surface area contributed by atoms with Crippen LogP contribution in [-0.4, -0.2) is 27.8 Å². The van der Waals surface area contributed by atoms with E-state index in [1.54, 1.807) is 12.1 Å². The van der Waals surface area contributed by atoms with Crippen molar-refractivity contribution in [2.75, 3.05) is 5.32 Å². The third-order valence-corrected chi connectivity index (χ3v) is 3.33. The van der Waals surface area contributed by atoms with Crippen molar-refractivity contribution in [3.05, 3.63) is 53.6 Å². The number of nitrogens with one attached hydrogen (secondary N) is 2. The molecule has 7 nitrogen and oxygen atoms in total. The molecule has 3 rings (SSSR count). The van der Waals surface area contributed by atoms with Crippen molar-refractivity contribution < 1.29 is 9.59 Å².